The topological polar surface area (TPSA) is 38.3 Å². The molecule has 0 radical (unpaired) electrons. The van der Waals surface area contributed by atoms with Crippen LogP contribution in [0.4, 0.5) is 0 Å². The van der Waals surface area contributed by atoms with E-state index in [1.165, 1.54) is 0 Å². The van der Waals surface area contributed by atoms with Crippen molar-refractivity contribution in [3.05, 3.63) is 102 Å². The molecule has 26 heavy (non-hydrogen) atoms. The largest absolute Gasteiger partial charge is 0.497 e. The van der Waals surface area contributed by atoms with Crippen LogP contribution in [0.25, 0.3) is 0 Å². The Kier molecular flexibility index (Phi) is 6.05. The van der Waals surface area contributed by atoms with Gasteiger partial charge in [-0.1, -0.05) is 72.8 Å². The number of benzene rings is 3. The van der Waals surface area contributed by atoms with Gasteiger partial charge in [0.2, 0.25) is 5.91 Å². The first-order valence-electron chi connectivity index (χ1n) is 8.76. The number of carbonyl (C=O) groups excluding carboxylic acids is 1. The van der Waals surface area contributed by atoms with Crippen molar-refractivity contribution >= 4 is 5.91 Å². The lowest BCUT2D eigenvalue weighted by Crippen LogP contribution is -2.25. The summed E-state index contributed by atoms with van der Waals surface area (Å²) in [4.78, 5) is 12.6. The Hall–Kier alpha value is -3.07. The number of hydrogen-bond acceptors (Lipinski definition) is 2. The average molecular weight is 345 g/mol. The third-order valence-electron chi connectivity index (χ3n) is 4.44. The van der Waals surface area contributed by atoms with E-state index in [9.17, 15) is 4.79 Å². The van der Waals surface area contributed by atoms with Gasteiger partial charge in [-0.15, -0.1) is 0 Å². The Balaban J connectivity index is 1.74. The normalized spacial score (nSPS) is 11.6. The van der Waals surface area contributed by atoms with Gasteiger partial charge in [0.25, 0.3) is 0 Å². The summed E-state index contributed by atoms with van der Waals surface area (Å²) in [6.07, 6.45) is 0.406. The van der Waals surface area contributed by atoms with E-state index in [-0.39, 0.29) is 11.8 Å². The van der Waals surface area contributed by atoms with Crippen molar-refractivity contribution in [1.82, 2.24) is 5.32 Å². The molecule has 0 saturated heterocycles. The molecule has 1 amide bonds. The zero-order chi connectivity index (χ0) is 18.2. The second-order valence-corrected chi connectivity index (χ2v) is 6.20. The number of methoxy groups -OCH3 is 1. The molecule has 0 aliphatic carbocycles. The highest BCUT2D eigenvalue weighted by Crippen LogP contribution is 2.29. The molecule has 0 heterocycles. The molecule has 0 aliphatic rings. The lowest BCUT2D eigenvalue weighted by molar-refractivity contribution is -0.121. The Morgan fingerprint density at radius 3 is 2.04 bits per heavy atom. The van der Waals surface area contributed by atoms with Crippen LogP contribution in [0.2, 0.25) is 0 Å². The van der Waals surface area contributed by atoms with Crippen molar-refractivity contribution in [2.45, 2.75) is 18.9 Å². The van der Waals surface area contributed by atoms with Gasteiger partial charge < -0.3 is 10.1 Å². The summed E-state index contributed by atoms with van der Waals surface area (Å²) in [5, 5.41) is 3.03. The van der Waals surface area contributed by atoms with Crippen LogP contribution in [0, 0.1) is 0 Å². The van der Waals surface area contributed by atoms with E-state index in [1.807, 2.05) is 72.8 Å². The van der Waals surface area contributed by atoms with Crippen molar-refractivity contribution in [2.75, 3.05) is 7.11 Å². The average Bonchev–Trinajstić information content (AvgIpc) is 2.72. The Morgan fingerprint density at radius 1 is 0.846 bits per heavy atom. The van der Waals surface area contributed by atoms with Crippen LogP contribution in [-0.4, -0.2) is 13.0 Å². The first-order valence-corrected chi connectivity index (χ1v) is 8.76. The highest BCUT2D eigenvalue weighted by Gasteiger charge is 2.18. The van der Waals surface area contributed by atoms with E-state index in [4.69, 9.17) is 4.74 Å². The summed E-state index contributed by atoms with van der Waals surface area (Å²) in [7, 11) is 1.65. The van der Waals surface area contributed by atoms with Crippen molar-refractivity contribution in [2.24, 2.45) is 0 Å². The Morgan fingerprint density at radius 2 is 1.42 bits per heavy atom. The summed E-state index contributed by atoms with van der Waals surface area (Å²) in [6.45, 7) is 0.545. The van der Waals surface area contributed by atoms with Crippen LogP contribution in [0.3, 0.4) is 0 Å². The van der Waals surface area contributed by atoms with E-state index in [1.54, 1.807) is 7.11 Å². The van der Waals surface area contributed by atoms with Crippen molar-refractivity contribution in [3.8, 4) is 5.75 Å². The molecule has 1 N–H and O–H groups in total. The van der Waals surface area contributed by atoms with E-state index in [0.29, 0.717) is 13.0 Å². The number of rotatable bonds is 7. The first-order chi connectivity index (χ1) is 12.8. The van der Waals surface area contributed by atoms with Gasteiger partial charge >= 0.3 is 0 Å². The monoisotopic (exact) mass is 345 g/mol. The fraction of sp³-hybridized carbons (Fsp3) is 0.174. The maximum absolute atomic E-state index is 12.6. The summed E-state index contributed by atoms with van der Waals surface area (Å²) < 4.78 is 5.24. The molecule has 0 bridgehead atoms. The van der Waals surface area contributed by atoms with Gasteiger partial charge in [0.15, 0.2) is 0 Å². The zero-order valence-corrected chi connectivity index (χ0v) is 14.9. The third-order valence-corrected chi connectivity index (χ3v) is 4.44. The molecule has 0 aromatic heterocycles. The van der Waals surface area contributed by atoms with Crippen LogP contribution in [0.5, 0.6) is 5.75 Å². The van der Waals surface area contributed by atoms with Gasteiger partial charge in [-0.25, -0.2) is 0 Å². The minimum Gasteiger partial charge on any atom is -0.497 e. The predicted molar refractivity (Wildman–Crippen MR) is 104 cm³/mol. The molecule has 3 heteroatoms. The molecule has 3 aromatic carbocycles. The van der Waals surface area contributed by atoms with Crippen molar-refractivity contribution < 1.29 is 9.53 Å². The summed E-state index contributed by atoms with van der Waals surface area (Å²) in [5.41, 5.74) is 3.33. The SMILES string of the molecule is COc1ccc(C(CC(=O)NCc2ccccc2)c2ccccc2)cc1. The van der Waals surface area contributed by atoms with Gasteiger partial charge in [0.05, 0.1) is 7.11 Å². The Labute approximate surface area is 154 Å². The van der Waals surface area contributed by atoms with Crippen LogP contribution < -0.4 is 10.1 Å². The lowest BCUT2D eigenvalue weighted by atomic mass is 9.88. The standard InChI is InChI=1S/C23H23NO2/c1-26-21-14-12-20(13-15-21)22(19-10-6-3-7-11-19)16-23(25)24-17-18-8-4-2-5-9-18/h2-15,22H,16-17H2,1H3,(H,24,25). The van der Waals surface area contributed by atoms with Crippen molar-refractivity contribution in [3.63, 3.8) is 0 Å². The van der Waals surface area contributed by atoms with E-state index >= 15 is 0 Å². The molecular formula is C23H23NO2. The van der Waals surface area contributed by atoms with Crippen molar-refractivity contribution in [1.29, 1.82) is 0 Å². The minimum atomic E-state index is 0.0119. The van der Waals surface area contributed by atoms with Gasteiger partial charge in [-0.3, -0.25) is 4.79 Å². The van der Waals surface area contributed by atoms with E-state index in [0.717, 1.165) is 22.4 Å². The summed E-state index contributed by atoms with van der Waals surface area (Å²) in [5.74, 6) is 0.866. The predicted octanol–water partition coefficient (Wildman–Crippen LogP) is 4.53. The summed E-state index contributed by atoms with van der Waals surface area (Å²) in [6, 6.07) is 28.0. The Bertz CT molecular complexity index is 814. The quantitative estimate of drug-likeness (QED) is 0.683. The van der Waals surface area contributed by atoms with Crippen LogP contribution in [-0.2, 0) is 11.3 Å². The molecule has 3 aromatic rings. The van der Waals surface area contributed by atoms with E-state index < -0.39 is 0 Å². The molecule has 1 atom stereocenters. The number of hydrogen-bond donors (Lipinski definition) is 1. The lowest BCUT2D eigenvalue weighted by Gasteiger charge is -2.18. The second-order valence-electron chi connectivity index (χ2n) is 6.20. The highest BCUT2D eigenvalue weighted by molar-refractivity contribution is 5.77. The van der Waals surface area contributed by atoms with Crippen LogP contribution in [0.1, 0.15) is 29.0 Å². The zero-order valence-electron chi connectivity index (χ0n) is 14.9. The third kappa shape index (κ3) is 4.73. The second kappa shape index (κ2) is 8.86. The smallest absolute Gasteiger partial charge is 0.221 e. The molecule has 3 nitrogen and oxygen atoms in total. The molecule has 0 saturated carbocycles. The van der Waals surface area contributed by atoms with Crippen LogP contribution in [0.15, 0.2) is 84.9 Å². The minimum absolute atomic E-state index is 0.0119. The molecule has 3 rings (SSSR count). The maximum Gasteiger partial charge on any atom is 0.221 e. The summed E-state index contributed by atoms with van der Waals surface area (Å²) >= 11 is 0. The number of carbonyl (C=O) groups is 1. The number of ether oxygens (including phenoxy) is 1. The van der Waals surface area contributed by atoms with Gasteiger partial charge in [-0.2, -0.15) is 0 Å². The molecule has 0 spiro atoms. The fourth-order valence-electron chi connectivity index (χ4n) is 3.00. The van der Waals surface area contributed by atoms with Crippen LogP contribution >= 0.6 is 0 Å². The molecule has 0 fully saturated rings. The first kappa shape index (κ1) is 17.7. The maximum atomic E-state index is 12.6. The number of amides is 1. The van der Waals surface area contributed by atoms with E-state index in [2.05, 4.69) is 17.4 Å². The molecule has 0 aliphatic heterocycles. The molecular weight excluding hydrogens is 322 g/mol. The van der Waals surface area contributed by atoms with Gasteiger partial charge in [0.1, 0.15) is 5.75 Å². The fourth-order valence-corrected chi connectivity index (χ4v) is 3.00. The van der Waals surface area contributed by atoms with Gasteiger partial charge in [0, 0.05) is 18.9 Å². The molecule has 1 unspecified atom stereocenters. The number of nitrogens with one attached hydrogen (secondary N) is 1. The molecule has 132 valence electrons. The van der Waals surface area contributed by atoms with Gasteiger partial charge in [-0.05, 0) is 28.8 Å². The highest BCUT2D eigenvalue weighted by atomic mass is 16.5.